The number of carbonyl (C=O) groups is 3. The number of rotatable bonds is 8. The molecule has 1 unspecified atom stereocenters. The number of esters is 1. The molecule has 2 atom stereocenters. The number of aliphatic hydroxyl groups excluding tert-OH is 1. The molecule has 4 saturated carbocycles. The van der Waals surface area contributed by atoms with Gasteiger partial charge in [0.2, 0.25) is 11.7 Å². The largest absolute Gasteiger partial charge is 0.456 e. The molecule has 192 valence electrons. The fraction of sp³-hybridized carbons (Fsp3) is 0.741. The van der Waals surface area contributed by atoms with Gasteiger partial charge in [-0.25, -0.2) is 4.79 Å². The van der Waals surface area contributed by atoms with E-state index in [4.69, 9.17) is 9.47 Å². The van der Waals surface area contributed by atoms with Crippen molar-refractivity contribution in [3.05, 3.63) is 23.0 Å². The van der Waals surface area contributed by atoms with E-state index in [1.54, 1.807) is 12.0 Å². The lowest BCUT2D eigenvalue weighted by molar-refractivity contribution is -0.165. The maximum atomic E-state index is 13.8. The Bertz CT molecular complexity index is 978. The van der Waals surface area contributed by atoms with Crippen molar-refractivity contribution in [1.29, 1.82) is 0 Å². The van der Waals surface area contributed by atoms with E-state index >= 15 is 0 Å². The van der Waals surface area contributed by atoms with Gasteiger partial charge >= 0.3 is 5.97 Å². The van der Waals surface area contributed by atoms with E-state index in [2.05, 4.69) is 0 Å². The zero-order valence-corrected chi connectivity index (χ0v) is 21.1. The van der Waals surface area contributed by atoms with Crippen molar-refractivity contribution in [3.63, 3.8) is 0 Å². The zero-order valence-electron chi connectivity index (χ0n) is 21.1. The second-order valence-electron chi connectivity index (χ2n) is 11.5. The molecular weight excluding hydrogens is 448 g/mol. The molecule has 5 aliphatic rings. The van der Waals surface area contributed by atoms with Gasteiger partial charge in [-0.2, -0.15) is 0 Å². The number of likely N-dealkylation sites (tertiary alicyclic amines) is 1. The fourth-order valence-electron chi connectivity index (χ4n) is 7.86. The molecule has 4 bridgehead atoms. The molecule has 0 spiro atoms. The van der Waals surface area contributed by atoms with Crippen molar-refractivity contribution >= 4 is 17.7 Å². The first kappa shape index (κ1) is 24.5. The summed E-state index contributed by atoms with van der Waals surface area (Å²) >= 11 is 0. The van der Waals surface area contributed by atoms with E-state index in [1.165, 1.54) is 19.3 Å². The van der Waals surface area contributed by atoms with Crippen LogP contribution in [0.3, 0.4) is 0 Å². The monoisotopic (exact) mass is 486 g/mol. The predicted octanol–water partition coefficient (Wildman–Crippen LogP) is 2.66. The number of aryl methyl sites for hydroxylation is 1. The number of aromatic nitrogens is 1. The lowest BCUT2D eigenvalue weighted by Crippen LogP contribution is -2.56. The molecule has 0 aromatic carbocycles. The fourth-order valence-corrected chi connectivity index (χ4v) is 7.86. The average molecular weight is 487 g/mol. The minimum absolute atomic E-state index is 0.0168. The van der Waals surface area contributed by atoms with Crippen molar-refractivity contribution in [2.75, 3.05) is 26.9 Å². The van der Waals surface area contributed by atoms with Crippen molar-refractivity contribution in [3.8, 4) is 0 Å². The van der Waals surface area contributed by atoms with Gasteiger partial charge in [0.05, 0.1) is 18.1 Å². The molecule has 1 N–H and O–H groups in total. The van der Waals surface area contributed by atoms with Crippen LogP contribution in [0.4, 0.5) is 0 Å². The lowest BCUT2D eigenvalue weighted by Gasteiger charge is -2.56. The van der Waals surface area contributed by atoms with Gasteiger partial charge in [0.15, 0.2) is 6.61 Å². The minimum atomic E-state index is -0.826. The van der Waals surface area contributed by atoms with E-state index in [0.29, 0.717) is 36.5 Å². The number of ketones is 1. The van der Waals surface area contributed by atoms with Gasteiger partial charge in [0.1, 0.15) is 6.04 Å². The summed E-state index contributed by atoms with van der Waals surface area (Å²) in [6.45, 7) is 4.77. The first-order valence-electron chi connectivity index (χ1n) is 13.1. The summed E-state index contributed by atoms with van der Waals surface area (Å²) in [7, 11) is 1.64. The van der Waals surface area contributed by atoms with Crippen LogP contribution in [-0.4, -0.2) is 71.2 Å². The Morgan fingerprint density at radius 3 is 2.29 bits per heavy atom. The molecule has 6 rings (SSSR count). The summed E-state index contributed by atoms with van der Waals surface area (Å²) in [6.07, 6.45) is 5.83. The van der Waals surface area contributed by atoms with Crippen LogP contribution in [0.5, 0.6) is 0 Å². The molecule has 35 heavy (non-hydrogen) atoms. The molecule has 8 nitrogen and oxygen atoms in total. The smallest absolute Gasteiger partial charge is 0.329 e. The SMILES string of the molecule is COCCn1c(C)cc(C(=O)COC(=O)[C@@H]2CC(O)CN2C(=O)C23CC4CC(CC(C4)C2)C3)c1C. The summed E-state index contributed by atoms with van der Waals surface area (Å²) in [5, 5.41) is 10.4. The van der Waals surface area contributed by atoms with Crippen LogP contribution in [0.25, 0.3) is 0 Å². The molecule has 2 heterocycles. The number of nitrogens with zero attached hydrogens (tertiary/aromatic N) is 2. The Kier molecular flexibility index (Phi) is 6.55. The molecule has 0 radical (unpaired) electrons. The molecule has 5 fully saturated rings. The van der Waals surface area contributed by atoms with Gasteiger partial charge in [-0.05, 0) is 76.2 Å². The maximum absolute atomic E-state index is 13.8. The highest BCUT2D eigenvalue weighted by atomic mass is 16.5. The third-order valence-corrected chi connectivity index (χ3v) is 9.04. The zero-order chi connectivity index (χ0) is 24.9. The summed E-state index contributed by atoms with van der Waals surface area (Å²) in [5.74, 6) is 0.993. The lowest BCUT2D eigenvalue weighted by atomic mass is 9.49. The highest BCUT2D eigenvalue weighted by Crippen LogP contribution is 2.60. The Morgan fingerprint density at radius 1 is 1.06 bits per heavy atom. The van der Waals surface area contributed by atoms with Crippen LogP contribution in [0, 0.1) is 37.0 Å². The van der Waals surface area contributed by atoms with E-state index in [9.17, 15) is 19.5 Å². The van der Waals surface area contributed by atoms with Gasteiger partial charge < -0.3 is 24.0 Å². The summed E-state index contributed by atoms with van der Waals surface area (Å²) in [6, 6.07) is 0.982. The van der Waals surface area contributed by atoms with Crippen LogP contribution in [0.1, 0.15) is 66.7 Å². The van der Waals surface area contributed by atoms with Crippen molar-refractivity contribution in [1.82, 2.24) is 9.47 Å². The van der Waals surface area contributed by atoms with Crippen molar-refractivity contribution < 1.29 is 29.0 Å². The standard InChI is InChI=1S/C27H38N2O6/c1-16-6-22(17(2)28(16)4-5-34-3)24(31)15-35-25(32)23-10-21(30)14-29(23)26(33)27-11-18-7-19(12-27)9-20(8-18)13-27/h6,18-21,23,30H,4-5,7-15H2,1-3H3/t18?,19?,20?,21?,23-,27?/m0/s1. The number of Topliss-reactive ketones (excluding diaryl/α,β-unsaturated/α-hetero) is 1. The predicted molar refractivity (Wildman–Crippen MR) is 128 cm³/mol. The van der Waals surface area contributed by atoms with Gasteiger partial charge in [-0.1, -0.05) is 0 Å². The van der Waals surface area contributed by atoms with Crippen molar-refractivity contribution in [2.24, 2.45) is 23.2 Å². The molecule has 1 amide bonds. The molecule has 4 aliphatic carbocycles. The normalized spacial score (nSPS) is 33.4. The first-order valence-corrected chi connectivity index (χ1v) is 13.1. The third-order valence-electron chi connectivity index (χ3n) is 9.04. The van der Waals surface area contributed by atoms with Crippen LogP contribution in [-0.2, 0) is 25.6 Å². The number of ether oxygens (including phenoxy) is 2. The van der Waals surface area contributed by atoms with Crippen LogP contribution < -0.4 is 0 Å². The summed E-state index contributed by atoms with van der Waals surface area (Å²) in [4.78, 5) is 41.3. The van der Waals surface area contributed by atoms with E-state index in [-0.39, 0.29) is 36.7 Å². The summed E-state index contributed by atoms with van der Waals surface area (Å²) in [5.41, 5.74) is 1.91. The number of carbonyl (C=O) groups excluding carboxylic acids is 3. The van der Waals surface area contributed by atoms with Gasteiger partial charge in [-0.15, -0.1) is 0 Å². The quantitative estimate of drug-likeness (QED) is 0.448. The van der Waals surface area contributed by atoms with Crippen LogP contribution >= 0.6 is 0 Å². The Labute approximate surface area is 206 Å². The number of methoxy groups -OCH3 is 1. The van der Waals surface area contributed by atoms with Gasteiger partial charge in [0, 0.05) is 43.6 Å². The Hall–Kier alpha value is -2.19. The van der Waals surface area contributed by atoms with E-state index in [0.717, 1.165) is 30.7 Å². The highest BCUT2D eigenvalue weighted by molar-refractivity contribution is 5.99. The molecule has 1 saturated heterocycles. The topological polar surface area (TPSA) is 98.1 Å². The van der Waals surface area contributed by atoms with E-state index in [1.807, 2.05) is 24.5 Å². The third kappa shape index (κ3) is 4.44. The highest BCUT2D eigenvalue weighted by Gasteiger charge is 2.57. The first-order chi connectivity index (χ1) is 16.7. The summed E-state index contributed by atoms with van der Waals surface area (Å²) < 4.78 is 12.6. The molecule has 1 aromatic rings. The molecular formula is C27H38N2O6. The number of hydrogen-bond acceptors (Lipinski definition) is 6. The number of aliphatic hydroxyl groups is 1. The van der Waals surface area contributed by atoms with Gasteiger partial charge in [0.25, 0.3) is 0 Å². The molecule has 1 aromatic heterocycles. The number of hydrogen-bond donors (Lipinski definition) is 1. The second-order valence-corrected chi connectivity index (χ2v) is 11.5. The minimum Gasteiger partial charge on any atom is -0.456 e. The Balaban J connectivity index is 1.25. The molecule has 8 heteroatoms. The Morgan fingerprint density at radius 2 is 1.69 bits per heavy atom. The second kappa shape index (κ2) is 9.36. The average Bonchev–Trinajstić information content (AvgIpc) is 3.33. The maximum Gasteiger partial charge on any atom is 0.329 e. The number of amides is 1. The van der Waals surface area contributed by atoms with Crippen molar-refractivity contribution in [2.45, 2.75) is 77.5 Å². The van der Waals surface area contributed by atoms with Crippen LogP contribution in [0.15, 0.2) is 6.07 Å². The number of β-amino-alcohol motifs (C(OH)–C–C–N with tert-alkyl or cyclic N) is 1. The molecule has 1 aliphatic heterocycles. The van der Waals surface area contributed by atoms with E-state index < -0.39 is 18.1 Å². The van der Waals surface area contributed by atoms with Crippen LogP contribution in [0.2, 0.25) is 0 Å². The van der Waals surface area contributed by atoms with Gasteiger partial charge in [-0.3, -0.25) is 9.59 Å².